The molecular formula is C13H12ClN3O. The second-order valence-electron chi connectivity index (χ2n) is 4.23. The minimum atomic E-state index is -0.129. The summed E-state index contributed by atoms with van der Waals surface area (Å²) < 4.78 is 0. The van der Waals surface area contributed by atoms with Crippen LogP contribution in [0.15, 0.2) is 29.3 Å². The highest BCUT2D eigenvalue weighted by atomic mass is 35.5. The van der Waals surface area contributed by atoms with Crippen LogP contribution in [0.3, 0.4) is 0 Å². The summed E-state index contributed by atoms with van der Waals surface area (Å²) in [6.45, 7) is 0.560. The number of nitrogens with two attached hydrogens (primary N) is 1. The van der Waals surface area contributed by atoms with E-state index in [1.54, 1.807) is 6.07 Å². The molecule has 0 aliphatic rings. The van der Waals surface area contributed by atoms with Gasteiger partial charge in [0.2, 0.25) is 0 Å². The van der Waals surface area contributed by atoms with Crippen molar-refractivity contribution in [1.29, 1.82) is 0 Å². The van der Waals surface area contributed by atoms with Crippen LogP contribution in [0.4, 0.5) is 0 Å². The molecule has 0 amide bonds. The summed E-state index contributed by atoms with van der Waals surface area (Å²) in [7, 11) is 0. The Hall–Kier alpha value is -1.78. The number of pyridine rings is 1. The van der Waals surface area contributed by atoms with E-state index in [1.807, 2.05) is 12.3 Å². The molecule has 0 fully saturated rings. The molecule has 92 valence electrons. The molecule has 0 saturated heterocycles. The normalized spacial score (nSPS) is 11.4. The van der Waals surface area contributed by atoms with Crippen molar-refractivity contribution < 1.29 is 0 Å². The van der Waals surface area contributed by atoms with Gasteiger partial charge in [0, 0.05) is 34.1 Å². The molecule has 0 atom stereocenters. The molecule has 3 aromatic rings. The summed E-state index contributed by atoms with van der Waals surface area (Å²) in [5, 5.41) is 2.94. The average molecular weight is 262 g/mol. The maximum absolute atomic E-state index is 11.8. The standard InChI is InChI=1S/C13H12ClN3O/c14-9-6-17-13(18)8-1-2-10-11(12(8)9)7(3-4-15)5-16-10/h1-2,5-6,16H,3-4,15H2,(H,17,18). The highest BCUT2D eigenvalue weighted by Crippen LogP contribution is 2.31. The fourth-order valence-electron chi connectivity index (χ4n) is 2.36. The third-order valence-electron chi connectivity index (χ3n) is 3.16. The molecule has 3 rings (SSSR count). The van der Waals surface area contributed by atoms with E-state index in [2.05, 4.69) is 9.97 Å². The number of hydrogen-bond acceptors (Lipinski definition) is 2. The van der Waals surface area contributed by atoms with Gasteiger partial charge in [0.05, 0.1) is 5.02 Å². The number of benzene rings is 1. The number of H-pyrrole nitrogens is 2. The van der Waals surface area contributed by atoms with Crippen molar-refractivity contribution in [3.63, 3.8) is 0 Å². The minimum absolute atomic E-state index is 0.129. The number of aromatic amines is 2. The molecule has 2 heterocycles. The summed E-state index contributed by atoms with van der Waals surface area (Å²) in [4.78, 5) is 17.6. The second-order valence-corrected chi connectivity index (χ2v) is 4.64. The maximum Gasteiger partial charge on any atom is 0.255 e. The van der Waals surface area contributed by atoms with Crippen molar-refractivity contribution in [2.24, 2.45) is 5.73 Å². The van der Waals surface area contributed by atoms with Crippen molar-refractivity contribution in [3.05, 3.63) is 45.5 Å². The zero-order valence-electron chi connectivity index (χ0n) is 9.59. The van der Waals surface area contributed by atoms with E-state index in [4.69, 9.17) is 17.3 Å². The molecular weight excluding hydrogens is 250 g/mol. The number of hydrogen-bond donors (Lipinski definition) is 3. The van der Waals surface area contributed by atoms with Gasteiger partial charge in [-0.1, -0.05) is 11.6 Å². The Morgan fingerprint density at radius 2 is 2.00 bits per heavy atom. The van der Waals surface area contributed by atoms with Gasteiger partial charge >= 0.3 is 0 Å². The molecule has 0 aliphatic heterocycles. The first kappa shape index (κ1) is 11.3. The third-order valence-corrected chi connectivity index (χ3v) is 3.45. The van der Waals surface area contributed by atoms with Crippen molar-refractivity contribution >= 4 is 33.3 Å². The SMILES string of the molecule is NCCc1c[nH]c2ccc3c(=O)[nH]cc(Cl)c3c12. The van der Waals surface area contributed by atoms with Gasteiger partial charge in [0.15, 0.2) is 0 Å². The zero-order chi connectivity index (χ0) is 12.7. The predicted molar refractivity (Wildman–Crippen MR) is 74.2 cm³/mol. The Morgan fingerprint density at radius 1 is 1.17 bits per heavy atom. The lowest BCUT2D eigenvalue weighted by Gasteiger charge is -2.04. The van der Waals surface area contributed by atoms with E-state index in [1.165, 1.54) is 6.20 Å². The van der Waals surface area contributed by atoms with Gasteiger partial charge in [0.25, 0.3) is 5.56 Å². The van der Waals surface area contributed by atoms with Gasteiger partial charge in [-0.15, -0.1) is 0 Å². The molecule has 2 aromatic heterocycles. The van der Waals surface area contributed by atoms with Crippen LogP contribution in [0.5, 0.6) is 0 Å². The van der Waals surface area contributed by atoms with Crippen molar-refractivity contribution in [3.8, 4) is 0 Å². The van der Waals surface area contributed by atoms with Gasteiger partial charge in [0.1, 0.15) is 0 Å². The van der Waals surface area contributed by atoms with E-state index in [0.29, 0.717) is 17.0 Å². The van der Waals surface area contributed by atoms with Gasteiger partial charge in [-0.3, -0.25) is 4.79 Å². The van der Waals surface area contributed by atoms with Gasteiger partial charge in [-0.05, 0) is 30.7 Å². The third kappa shape index (κ3) is 1.54. The summed E-state index contributed by atoms with van der Waals surface area (Å²) >= 11 is 6.22. The molecule has 4 N–H and O–H groups in total. The predicted octanol–water partition coefficient (Wildman–Crippen LogP) is 2.16. The Kier molecular flexibility index (Phi) is 2.61. The van der Waals surface area contributed by atoms with Crippen LogP contribution < -0.4 is 11.3 Å². The molecule has 0 spiro atoms. The molecule has 0 aliphatic carbocycles. The van der Waals surface area contributed by atoms with Crippen LogP contribution in [0.1, 0.15) is 5.56 Å². The molecule has 0 saturated carbocycles. The fourth-order valence-corrected chi connectivity index (χ4v) is 2.61. The zero-order valence-corrected chi connectivity index (χ0v) is 10.3. The lowest BCUT2D eigenvalue weighted by molar-refractivity contribution is 0.977. The largest absolute Gasteiger partial charge is 0.361 e. The molecule has 1 aromatic carbocycles. The van der Waals surface area contributed by atoms with Crippen LogP contribution >= 0.6 is 11.6 Å². The fraction of sp³-hybridized carbons (Fsp3) is 0.154. The summed E-state index contributed by atoms with van der Waals surface area (Å²) in [6.07, 6.45) is 4.21. The second kappa shape index (κ2) is 4.15. The van der Waals surface area contributed by atoms with E-state index < -0.39 is 0 Å². The van der Waals surface area contributed by atoms with Gasteiger partial charge in [-0.25, -0.2) is 0 Å². The van der Waals surface area contributed by atoms with Crippen LogP contribution in [0.25, 0.3) is 21.7 Å². The van der Waals surface area contributed by atoms with Gasteiger partial charge in [-0.2, -0.15) is 0 Å². The topological polar surface area (TPSA) is 74.7 Å². The van der Waals surface area contributed by atoms with Crippen LogP contribution in [-0.4, -0.2) is 16.5 Å². The number of nitrogens with one attached hydrogen (secondary N) is 2. The lowest BCUT2D eigenvalue weighted by Crippen LogP contribution is -2.06. The molecule has 0 unspecified atom stereocenters. The van der Waals surface area contributed by atoms with Crippen molar-refractivity contribution in [2.45, 2.75) is 6.42 Å². The highest BCUT2D eigenvalue weighted by molar-refractivity contribution is 6.37. The van der Waals surface area contributed by atoms with E-state index in [0.717, 1.165) is 28.3 Å². The van der Waals surface area contributed by atoms with E-state index in [-0.39, 0.29) is 5.56 Å². The first-order chi connectivity index (χ1) is 8.72. The van der Waals surface area contributed by atoms with Crippen molar-refractivity contribution in [2.75, 3.05) is 6.54 Å². The van der Waals surface area contributed by atoms with Gasteiger partial charge < -0.3 is 15.7 Å². The molecule has 18 heavy (non-hydrogen) atoms. The number of halogens is 1. The summed E-state index contributed by atoms with van der Waals surface area (Å²) in [5.74, 6) is 0. The molecule has 0 radical (unpaired) electrons. The highest BCUT2D eigenvalue weighted by Gasteiger charge is 2.12. The minimum Gasteiger partial charge on any atom is -0.361 e. The Labute approximate surface area is 108 Å². The Bertz CT molecular complexity index is 788. The average Bonchev–Trinajstić information content (AvgIpc) is 2.77. The summed E-state index contributed by atoms with van der Waals surface area (Å²) in [5.41, 5.74) is 7.54. The maximum atomic E-state index is 11.8. The monoisotopic (exact) mass is 261 g/mol. The van der Waals surface area contributed by atoms with E-state index >= 15 is 0 Å². The molecule has 0 bridgehead atoms. The Balaban J connectivity index is 2.54. The lowest BCUT2D eigenvalue weighted by atomic mass is 10.0. The quantitative estimate of drug-likeness (QED) is 0.661. The first-order valence-electron chi connectivity index (χ1n) is 5.72. The number of fused-ring (bicyclic) bond motifs is 3. The number of rotatable bonds is 2. The Morgan fingerprint density at radius 3 is 2.78 bits per heavy atom. The summed E-state index contributed by atoms with van der Waals surface area (Å²) in [6, 6.07) is 3.67. The molecule has 5 heteroatoms. The van der Waals surface area contributed by atoms with E-state index in [9.17, 15) is 4.79 Å². The van der Waals surface area contributed by atoms with Crippen molar-refractivity contribution in [1.82, 2.24) is 9.97 Å². The smallest absolute Gasteiger partial charge is 0.255 e. The first-order valence-corrected chi connectivity index (χ1v) is 6.10. The van der Waals surface area contributed by atoms with Crippen LogP contribution in [-0.2, 0) is 6.42 Å². The van der Waals surface area contributed by atoms with Crippen LogP contribution in [0, 0.1) is 0 Å². The number of aromatic nitrogens is 2. The van der Waals surface area contributed by atoms with Crippen LogP contribution in [0.2, 0.25) is 5.02 Å². The molecule has 4 nitrogen and oxygen atoms in total.